The van der Waals surface area contributed by atoms with Crippen molar-refractivity contribution in [2.24, 2.45) is 5.73 Å². The van der Waals surface area contributed by atoms with E-state index < -0.39 is 12.1 Å². The minimum Gasteiger partial charge on any atom is -0.508 e. The van der Waals surface area contributed by atoms with Gasteiger partial charge in [0.2, 0.25) is 11.8 Å². The Morgan fingerprint density at radius 2 is 1.76 bits per heavy atom. The number of nitrogens with two attached hydrogens (primary N) is 1. The summed E-state index contributed by atoms with van der Waals surface area (Å²) in [5, 5.41) is 13.0. The lowest BCUT2D eigenvalue weighted by atomic mass is 9.91. The number of fused-ring (bicyclic) bond motifs is 2. The topological polar surface area (TPSA) is 124 Å². The summed E-state index contributed by atoms with van der Waals surface area (Å²) in [5.41, 5.74) is 13.0. The Balaban J connectivity index is 1.38. The number of nitrogens with zero attached hydrogens (tertiary/aromatic N) is 2. The Hall–Kier alpha value is -4.17. The average molecular weight is 512 g/mol. The lowest BCUT2D eigenvalue weighted by molar-refractivity contribution is -0.143. The Morgan fingerprint density at radius 1 is 1.11 bits per heavy atom. The van der Waals surface area contributed by atoms with Gasteiger partial charge in [-0.3, -0.25) is 9.59 Å². The molecule has 5 rings (SSSR count). The van der Waals surface area contributed by atoms with Gasteiger partial charge in [0.15, 0.2) is 0 Å². The molecule has 4 aromatic rings. The van der Waals surface area contributed by atoms with Crippen LogP contribution in [0.15, 0.2) is 60.7 Å². The summed E-state index contributed by atoms with van der Waals surface area (Å²) >= 11 is 0. The molecule has 3 atom stereocenters. The van der Waals surface area contributed by atoms with Crippen molar-refractivity contribution in [3.63, 3.8) is 0 Å². The van der Waals surface area contributed by atoms with E-state index in [0.29, 0.717) is 25.2 Å². The molecule has 5 N–H and O–H groups in total. The number of phenols is 1. The zero-order chi connectivity index (χ0) is 27.0. The normalized spacial score (nSPS) is 16.6. The molecule has 0 unspecified atom stereocenters. The van der Waals surface area contributed by atoms with Crippen molar-refractivity contribution >= 4 is 22.8 Å². The molecule has 0 fully saturated rings. The minimum absolute atomic E-state index is 0.187. The van der Waals surface area contributed by atoms with Crippen molar-refractivity contribution < 1.29 is 14.7 Å². The smallest absolute Gasteiger partial charge is 0.243 e. The fourth-order valence-corrected chi connectivity index (χ4v) is 5.36. The second kappa shape index (κ2) is 10.3. The third-order valence-corrected chi connectivity index (χ3v) is 7.43. The van der Waals surface area contributed by atoms with Gasteiger partial charge >= 0.3 is 0 Å². The monoisotopic (exact) mass is 511 g/mol. The first-order valence-electron chi connectivity index (χ1n) is 12.9. The highest BCUT2D eigenvalue weighted by molar-refractivity contribution is 5.91. The number of para-hydroxylation sites is 2. The van der Waals surface area contributed by atoms with Gasteiger partial charge in [-0.2, -0.15) is 0 Å². The summed E-state index contributed by atoms with van der Waals surface area (Å²) < 4.78 is 0. The van der Waals surface area contributed by atoms with Crippen LogP contribution in [0.5, 0.6) is 5.75 Å². The number of H-pyrrole nitrogens is 1. The van der Waals surface area contributed by atoms with Gasteiger partial charge in [-0.15, -0.1) is 0 Å². The number of hydrogen-bond acceptors (Lipinski definition) is 5. The summed E-state index contributed by atoms with van der Waals surface area (Å²) in [4.78, 5) is 36.9. The van der Waals surface area contributed by atoms with E-state index in [1.807, 2.05) is 69.3 Å². The van der Waals surface area contributed by atoms with Gasteiger partial charge in [0.25, 0.3) is 0 Å². The van der Waals surface area contributed by atoms with Crippen molar-refractivity contribution in [2.75, 3.05) is 0 Å². The number of hydrogen-bond donors (Lipinski definition) is 4. The third-order valence-electron chi connectivity index (χ3n) is 7.43. The molecule has 8 heteroatoms. The Morgan fingerprint density at radius 3 is 2.47 bits per heavy atom. The van der Waals surface area contributed by atoms with Crippen LogP contribution in [0, 0.1) is 13.8 Å². The fraction of sp³-hybridized carbons (Fsp3) is 0.300. The maximum atomic E-state index is 13.7. The lowest BCUT2D eigenvalue weighted by Gasteiger charge is -2.38. The highest BCUT2D eigenvalue weighted by Crippen LogP contribution is 2.27. The van der Waals surface area contributed by atoms with Crippen LogP contribution in [-0.4, -0.2) is 43.9 Å². The van der Waals surface area contributed by atoms with Gasteiger partial charge in [0.1, 0.15) is 17.6 Å². The Kier molecular flexibility index (Phi) is 6.91. The van der Waals surface area contributed by atoms with Crippen LogP contribution in [0.25, 0.3) is 11.0 Å². The van der Waals surface area contributed by atoms with E-state index >= 15 is 0 Å². The summed E-state index contributed by atoms with van der Waals surface area (Å²) in [7, 11) is 0. The number of rotatable bonds is 6. The van der Waals surface area contributed by atoms with Crippen LogP contribution in [0.1, 0.15) is 46.6 Å². The SMILES string of the molecule is Cc1cc(O)cc(C)c1C[C@H](N)C(=O)N1Cc2ccccc2C[C@H]1C(=O)N[C@H](C)c1nc2ccccc2[nH]1. The quantitative estimate of drug-likeness (QED) is 0.315. The molecule has 0 aliphatic carbocycles. The standard InChI is InChI=1S/C30H33N5O3/c1-17-12-22(36)13-18(2)23(17)15-24(31)30(38)35-16-21-9-5-4-8-20(21)14-27(35)29(37)32-19(3)28-33-25-10-6-7-11-26(25)34-28/h4-13,19,24,27,36H,14-16,31H2,1-3H3,(H,32,37)(H,33,34)/t19-,24+,27+/m1/s1. The van der Waals surface area contributed by atoms with Gasteiger partial charge < -0.3 is 26.0 Å². The predicted octanol–water partition coefficient (Wildman–Crippen LogP) is 3.59. The maximum absolute atomic E-state index is 13.7. The number of benzene rings is 3. The van der Waals surface area contributed by atoms with E-state index in [2.05, 4.69) is 15.3 Å². The summed E-state index contributed by atoms with van der Waals surface area (Å²) in [5.74, 6) is 0.322. The van der Waals surface area contributed by atoms with E-state index in [4.69, 9.17) is 5.73 Å². The van der Waals surface area contributed by atoms with Crippen LogP contribution < -0.4 is 11.1 Å². The molecule has 1 aromatic heterocycles. The number of carbonyl (C=O) groups is 2. The molecule has 1 aliphatic rings. The molecule has 0 radical (unpaired) electrons. The predicted molar refractivity (Wildman–Crippen MR) is 146 cm³/mol. The van der Waals surface area contributed by atoms with Crippen molar-refractivity contribution in [1.29, 1.82) is 0 Å². The molecule has 8 nitrogen and oxygen atoms in total. The van der Waals surface area contributed by atoms with E-state index in [0.717, 1.165) is 38.9 Å². The Bertz CT molecular complexity index is 1450. The summed E-state index contributed by atoms with van der Waals surface area (Å²) in [6.45, 7) is 5.98. The Labute approximate surface area is 221 Å². The second-order valence-electron chi connectivity index (χ2n) is 10.2. The number of nitrogens with one attached hydrogen (secondary N) is 2. The van der Waals surface area contributed by atoms with E-state index in [-0.39, 0.29) is 23.6 Å². The van der Waals surface area contributed by atoms with Gasteiger partial charge in [-0.1, -0.05) is 36.4 Å². The molecular weight excluding hydrogens is 478 g/mol. The molecule has 0 spiro atoms. The van der Waals surface area contributed by atoms with E-state index in [1.165, 1.54) is 0 Å². The van der Waals surface area contributed by atoms with Crippen LogP contribution in [-0.2, 0) is 29.0 Å². The van der Waals surface area contributed by atoms with Crippen LogP contribution in [0.2, 0.25) is 0 Å². The van der Waals surface area contributed by atoms with E-state index in [9.17, 15) is 14.7 Å². The molecule has 2 amide bonds. The number of carbonyl (C=O) groups excluding carboxylic acids is 2. The molecule has 0 saturated heterocycles. The first-order valence-corrected chi connectivity index (χ1v) is 12.9. The lowest BCUT2D eigenvalue weighted by Crippen LogP contribution is -2.57. The highest BCUT2D eigenvalue weighted by atomic mass is 16.3. The van der Waals surface area contributed by atoms with Crippen molar-refractivity contribution in [3.05, 3.63) is 94.3 Å². The first-order chi connectivity index (χ1) is 18.2. The van der Waals surface area contributed by atoms with Gasteiger partial charge in [0.05, 0.1) is 23.1 Å². The number of aromatic nitrogens is 2. The third kappa shape index (κ3) is 4.99. The largest absolute Gasteiger partial charge is 0.508 e. The van der Waals surface area contributed by atoms with E-state index in [1.54, 1.807) is 17.0 Å². The number of amides is 2. The summed E-state index contributed by atoms with van der Waals surface area (Å²) in [6.07, 6.45) is 0.725. The zero-order valence-corrected chi connectivity index (χ0v) is 21.9. The molecular formula is C30H33N5O3. The van der Waals surface area contributed by atoms with Crippen LogP contribution in [0.4, 0.5) is 0 Å². The second-order valence-corrected chi connectivity index (χ2v) is 10.2. The van der Waals surface area contributed by atoms with Gasteiger partial charge in [-0.05, 0) is 79.3 Å². The van der Waals surface area contributed by atoms with Crippen LogP contribution in [0.3, 0.4) is 0 Å². The average Bonchev–Trinajstić information content (AvgIpc) is 3.34. The maximum Gasteiger partial charge on any atom is 0.243 e. The molecule has 2 heterocycles. The highest BCUT2D eigenvalue weighted by Gasteiger charge is 2.37. The van der Waals surface area contributed by atoms with Crippen LogP contribution >= 0.6 is 0 Å². The molecule has 0 bridgehead atoms. The molecule has 3 aromatic carbocycles. The molecule has 0 saturated carbocycles. The molecule has 1 aliphatic heterocycles. The number of phenolic OH excluding ortho intramolecular Hbond substituents is 1. The number of imidazole rings is 1. The first kappa shape index (κ1) is 25.5. The van der Waals surface area contributed by atoms with Gasteiger partial charge in [0, 0.05) is 13.0 Å². The van der Waals surface area contributed by atoms with Crippen molar-refractivity contribution in [3.8, 4) is 5.75 Å². The summed E-state index contributed by atoms with van der Waals surface area (Å²) in [6, 6.07) is 17.0. The fourth-order valence-electron chi connectivity index (χ4n) is 5.36. The molecule has 196 valence electrons. The minimum atomic E-state index is -0.828. The van der Waals surface area contributed by atoms with Crippen molar-refractivity contribution in [2.45, 2.75) is 58.3 Å². The number of aromatic amines is 1. The van der Waals surface area contributed by atoms with Gasteiger partial charge in [-0.25, -0.2) is 4.98 Å². The van der Waals surface area contributed by atoms with Crippen molar-refractivity contribution in [1.82, 2.24) is 20.2 Å². The number of aromatic hydroxyl groups is 1. The molecule has 38 heavy (non-hydrogen) atoms. The zero-order valence-electron chi connectivity index (χ0n) is 21.9. The number of aryl methyl sites for hydroxylation is 2.